The van der Waals surface area contributed by atoms with Gasteiger partial charge in [-0.15, -0.1) is 0 Å². The van der Waals surface area contributed by atoms with Crippen LogP contribution in [0.2, 0.25) is 0 Å². The number of nitrogens with zero attached hydrogens (tertiary/aromatic N) is 4. The lowest BCUT2D eigenvalue weighted by atomic mass is 10.1. The van der Waals surface area contributed by atoms with E-state index in [2.05, 4.69) is 27.4 Å². The summed E-state index contributed by atoms with van der Waals surface area (Å²) in [5.41, 5.74) is 1.78. The SMILES string of the molecule is CC(=O)N1CCN(C(=O)c2cnc(NCCCc3ccccc3)nc2)CC1. The Balaban J connectivity index is 1.44. The van der Waals surface area contributed by atoms with Gasteiger partial charge in [0, 0.05) is 52.0 Å². The van der Waals surface area contributed by atoms with E-state index in [9.17, 15) is 9.59 Å². The number of amides is 2. The van der Waals surface area contributed by atoms with Crippen LogP contribution < -0.4 is 5.32 Å². The molecule has 7 nitrogen and oxygen atoms in total. The minimum atomic E-state index is -0.0890. The van der Waals surface area contributed by atoms with Crippen molar-refractivity contribution in [3.05, 3.63) is 53.9 Å². The van der Waals surface area contributed by atoms with Gasteiger partial charge in [-0.05, 0) is 18.4 Å². The second-order valence-electron chi connectivity index (χ2n) is 6.61. The zero-order valence-electron chi connectivity index (χ0n) is 15.6. The molecule has 0 spiro atoms. The number of benzene rings is 1. The Labute approximate surface area is 159 Å². The van der Waals surface area contributed by atoms with Gasteiger partial charge in [-0.3, -0.25) is 9.59 Å². The minimum Gasteiger partial charge on any atom is -0.354 e. The number of carbonyl (C=O) groups is 2. The van der Waals surface area contributed by atoms with Crippen LogP contribution in [-0.4, -0.2) is 64.3 Å². The van der Waals surface area contributed by atoms with Crippen LogP contribution in [0.25, 0.3) is 0 Å². The van der Waals surface area contributed by atoms with Crippen LogP contribution in [-0.2, 0) is 11.2 Å². The molecule has 1 N–H and O–H groups in total. The molecule has 0 atom stereocenters. The average Bonchev–Trinajstić information content (AvgIpc) is 2.72. The van der Waals surface area contributed by atoms with Gasteiger partial charge in [-0.25, -0.2) is 9.97 Å². The van der Waals surface area contributed by atoms with E-state index < -0.39 is 0 Å². The van der Waals surface area contributed by atoms with E-state index in [4.69, 9.17) is 0 Å². The molecule has 0 radical (unpaired) electrons. The molecule has 0 bridgehead atoms. The third kappa shape index (κ3) is 5.26. The summed E-state index contributed by atoms with van der Waals surface area (Å²) in [4.78, 5) is 35.9. The van der Waals surface area contributed by atoms with Gasteiger partial charge >= 0.3 is 0 Å². The number of aromatic nitrogens is 2. The molecule has 2 aromatic rings. The highest BCUT2D eigenvalue weighted by Gasteiger charge is 2.23. The lowest BCUT2D eigenvalue weighted by molar-refractivity contribution is -0.130. The summed E-state index contributed by atoms with van der Waals surface area (Å²) in [6, 6.07) is 10.3. The van der Waals surface area contributed by atoms with Crippen LogP contribution in [0.3, 0.4) is 0 Å². The van der Waals surface area contributed by atoms with Gasteiger partial charge in [-0.2, -0.15) is 0 Å². The van der Waals surface area contributed by atoms with Gasteiger partial charge in [0.25, 0.3) is 5.91 Å². The fourth-order valence-corrected chi connectivity index (χ4v) is 3.07. The highest BCUT2D eigenvalue weighted by atomic mass is 16.2. The molecule has 27 heavy (non-hydrogen) atoms. The summed E-state index contributed by atoms with van der Waals surface area (Å²) in [6.07, 6.45) is 5.10. The maximum absolute atomic E-state index is 12.5. The van der Waals surface area contributed by atoms with Crippen molar-refractivity contribution in [1.29, 1.82) is 0 Å². The predicted molar refractivity (Wildman–Crippen MR) is 103 cm³/mol. The fourth-order valence-electron chi connectivity index (χ4n) is 3.07. The van der Waals surface area contributed by atoms with Crippen LogP contribution in [0.15, 0.2) is 42.7 Å². The molecule has 1 saturated heterocycles. The van der Waals surface area contributed by atoms with Gasteiger partial charge in [0.1, 0.15) is 0 Å². The first kappa shape index (κ1) is 18.8. The van der Waals surface area contributed by atoms with Crippen LogP contribution in [0, 0.1) is 0 Å². The average molecular weight is 367 g/mol. The summed E-state index contributed by atoms with van der Waals surface area (Å²) in [5, 5.41) is 3.19. The number of nitrogens with one attached hydrogen (secondary N) is 1. The maximum Gasteiger partial charge on any atom is 0.257 e. The number of anilines is 1. The molecule has 1 aromatic heterocycles. The van der Waals surface area contributed by atoms with Gasteiger partial charge < -0.3 is 15.1 Å². The van der Waals surface area contributed by atoms with Crippen LogP contribution in [0.5, 0.6) is 0 Å². The number of piperazine rings is 1. The molecule has 0 aliphatic carbocycles. The zero-order chi connectivity index (χ0) is 19.1. The number of hydrogen-bond acceptors (Lipinski definition) is 5. The number of hydrogen-bond donors (Lipinski definition) is 1. The molecule has 7 heteroatoms. The molecule has 142 valence electrons. The van der Waals surface area contributed by atoms with Crippen LogP contribution in [0.1, 0.15) is 29.3 Å². The van der Waals surface area contributed by atoms with Crippen molar-refractivity contribution in [3.63, 3.8) is 0 Å². The van der Waals surface area contributed by atoms with E-state index in [0.717, 1.165) is 19.4 Å². The fraction of sp³-hybridized carbons (Fsp3) is 0.400. The summed E-state index contributed by atoms with van der Waals surface area (Å²) in [5.74, 6) is 0.489. The largest absolute Gasteiger partial charge is 0.354 e. The second-order valence-corrected chi connectivity index (χ2v) is 6.61. The Kier molecular flexibility index (Phi) is 6.35. The Morgan fingerprint density at radius 2 is 1.63 bits per heavy atom. The van der Waals surface area contributed by atoms with Crippen molar-refractivity contribution in [1.82, 2.24) is 19.8 Å². The monoisotopic (exact) mass is 367 g/mol. The smallest absolute Gasteiger partial charge is 0.257 e. The molecule has 1 aromatic carbocycles. The van der Waals surface area contributed by atoms with E-state index in [0.29, 0.717) is 37.7 Å². The normalized spacial score (nSPS) is 14.1. The molecule has 1 aliphatic rings. The molecule has 1 aliphatic heterocycles. The zero-order valence-corrected chi connectivity index (χ0v) is 15.6. The molecule has 0 saturated carbocycles. The summed E-state index contributed by atoms with van der Waals surface area (Å²) < 4.78 is 0. The predicted octanol–water partition coefficient (Wildman–Crippen LogP) is 1.83. The first-order chi connectivity index (χ1) is 13.1. The van der Waals surface area contributed by atoms with Crippen molar-refractivity contribution < 1.29 is 9.59 Å². The van der Waals surface area contributed by atoms with Crippen LogP contribution >= 0.6 is 0 Å². The second kappa shape index (κ2) is 9.12. The van der Waals surface area contributed by atoms with E-state index in [1.165, 1.54) is 5.56 Å². The van der Waals surface area contributed by atoms with Gasteiger partial charge in [-0.1, -0.05) is 30.3 Å². The van der Waals surface area contributed by atoms with Crippen LogP contribution in [0.4, 0.5) is 5.95 Å². The van der Waals surface area contributed by atoms with Crippen molar-refractivity contribution >= 4 is 17.8 Å². The molecule has 3 rings (SSSR count). The Morgan fingerprint density at radius 1 is 1.00 bits per heavy atom. The topological polar surface area (TPSA) is 78.4 Å². The Morgan fingerprint density at radius 3 is 2.26 bits per heavy atom. The molecule has 1 fully saturated rings. The summed E-state index contributed by atoms with van der Waals surface area (Å²) >= 11 is 0. The summed E-state index contributed by atoms with van der Waals surface area (Å²) in [7, 11) is 0. The number of aryl methyl sites for hydroxylation is 1. The first-order valence-electron chi connectivity index (χ1n) is 9.28. The Hall–Kier alpha value is -2.96. The van der Waals surface area contributed by atoms with Crippen molar-refractivity contribution in [2.45, 2.75) is 19.8 Å². The van der Waals surface area contributed by atoms with Gasteiger partial charge in [0.05, 0.1) is 5.56 Å². The molecular weight excluding hydrogens is 342 g/mol. The van der Waals surface area contributed by atoms with Crippen molar-refractivity contribution in [2.24, 2.45) is 0 Å². The van der Waals surface area contributed by atoms with Crippen molar-refractivity contribution in [3.8, 4) is 0 Å². The third-order valence-electron chi connectivity index (χ3n) is 4.68. The molecule has 2 heterocycles. The quantitative estimate of drug-likeness (QED) is 0.788. The first-order valence-corrected chi connectivity index (χ1v) is 9.28. The highest BCUT2D eigenvalue weighted by molar-refractivity contribution is 5.93. The molecular formula is C20H25N5O2. The van der Waals surface area contributed by atoms with Gasteiger partial charge in [0.15, 0.2) is 0 Å². The van der Waals surface area contributed by atoms with Crippen molar-refractivity contribution in [2.75, 3.05) is 38.0 Å². The standard InChI is InChI=1S/C20H25N5O2/c1-16(26)24-10-12-25(13-11-24)19(27)18-14-22-20(23-15-18)21-9-5-8-17-6-3-2-4-7-17/h2-4,6-7,14-15H,5,8-13H2,1H3,(H,21,22,23). The van der Waals surface area contributed by atoms with E-state index >= 15 is 0 Å². The van der Waals surface area contributed by atoms with E-state index in [1.54, 1.807) is 29.1 Å². The highest BCUT2D eigenvalue weighted by Crippen LogP contribution is 2.09. The van der Waals surface area contributed by atoms with E-state index in [-0.39, 0.29) is 11.8 Å². The number of rotatable bonds is 6. The lowest BCUT2D eigenvalue weighted by Crippen LogP contribution is -2.50. The number of carbonyl (C=O) groups excluding carboxylic acids is 2. The lowest BCUT2D eigenvalue weighted by Gasteiger charge is -2.34. The van der Waals surface area contributed by atoms with Gasteiger partial charge in [0.2, 0.25) is 11.9 Å². The molecule has 2 amide bonds. The molecule has 0 unspecified atom stereocenters. The summed E-state index contributed by atoms with van der Waals surface area (Å²) in [6.45, 7) is 4.55. The third-order valence-corrected chi connectivity index (χ3v) is 4.68. The van der Waals surface area contributed by atoms with E-state index in [1.807, 2.05) is 18.2 Å². The Bertz CT molecular complexity index is 756. The minimum absolute atomic E-state index is 0.0492. The maximum atomic E-state index is 12.5.